The normalized spacial score (nSPS) is 19.7. The van der Waals surface area contributed by atoms with Gasteiger partial charge >= 0.3 is 0 Å². The molecule has 1 amide bonds. The first-order valence-corrected chi connectivity index (χ1v) is 5.18. The van der Waals surface area contributed by atoms with Crippen molar-refractivity contribution in [2.24, 2.45) is 0 Å². The molecule has 0 fully saturated rings. The number of aromatic nitrogens is 2. The van der Waals surface area contributed by atoms with Crippen molar-refractivity contribution in [3.8, 4) is 0 Å². The van der Waals surface area contributed by atoms with Gasteiger partial charge in [0.1, 0.15) is 12.4 Å². The summed E-state index contributed by atoms with van der Waals surface area (Å²) in [5.41, 5.74) is 0. The van der Waals surface area contributed by atoms with E-state index in [-0.39, 0.29) is 12.0 Å². The zero-order valence-corrected chi connectivity index (χ0v) is 8.77. The van der Waals surface area contributed by atoms with Gasteiger partial charge in [-0.25, -0.2) is 4.98 Å². The van der Waals surface area contributed by atoms with E-state index in [0.29, 0.717) is 19.6 Å². The van der Waals surface area contributed by atoms with E-state index in [1.807, 2.05) is 13.1 Å². The minimum Gasteiger partial charge on any atom is -0.367 e. The molecular formula is C10H15N3O2. The Morgan fingerprint density at radius 1 is 1.80 bits per heavy atom. The summed E-state index contributed by atoms with van der Waals surface area (Å²) in [5, 5.41) is 2.83. The van der Waals surface area contributed by atoms with Crippen LogP contribution in [-0.4, -0.2) is 28.1 Å². The Hall–Kier alpha value is -1.36. The van der Waals surface area contributed by atoms with Gasteiger partial charge in [0.25, 0.3) is 0 Å². The lowest BCUT2D eigenvalue weighted by Crippen LogP contribution is -2.38. The molecule has 0 radical (unpaired) electrons. The fraction of sp³-hybridized carbons (Fsp3) is 0.600. The summed E-state index contributed by atoms with van der Waals surface area (Å²) in [5.74, 6) is 1.02. The third kappa shape index (κ3) is 2.36. The van der Waals surface area contributed by atoms with Gasteiger partial charge in [0.2, 0.25) is 5.91 Å². The maximum Gasteiger partial charge on any atom is 0.219 e. The number of rotatable bonds is 3. The molecule has 0 aromatic carbocycles. The van der Waals surface area contributed by atoms with Crippen LogP contribution in [0.3, 0.4) is 0 Å². The Labute approximate surface area is 88.4 Å². The second-order valence-corrected chi connectivity index (χ2v) is 3.59. The fourth-order valence-electron chi connectivity index (χ4n) is 1.59. The lowest BCUT2D eigenvalue weighted by molar-refractivity contribution is -0.121. The highest BCUT2D eigenvalue weighted by atomic mass is 16.5. The second kappa shape index (κ2) is 4.44. The molecule has 0 saturated heterocycles. The van der Waals surface area contributed by atoms with Crippen LogP contribution in [0, 0.1) is 0 Å². The quantitative estimate of drug-likeness (QED) is 0.779. The van der Waals surface area contributed by atoms with Gasteiger partial charge in [-0.2, -0.15) is 0 Å². The number of carbonyl (C=O) groups is 1. The summed E-state index contributed by atoms with van der Waals surface area (Å²) in [6, 6.07) is 0. The van der Waals surface area contributed by atoms with Crippen LogP contribution < -0.4 is 5.32 Å². The Balaban J connectivity index is 1.85. The molecule has 1 aromatic rings. The highest BCUT2D eigenvalue weighted by Crippen LogP contribution is 2.11. The molecule has 5 heteroatoms. The topological polar surface area (TPSA) is 56.2 Å². The van der Waals surface area contributed by atoms with Crippen LogP contribution in [0.1, 0.15) is 19.2 Å². The summed E-state index contributed by atoms with van der Waals surface area (Å²) in [7, 11) is 0. The van der Waals surface area contributed by atoms with Crippen LogP contribution >= 0.6 is 0 Å². The smallest absolute Gasteiger partial charge is 0.219 e. The predicted molar refractivity (Wildman–Crippen MR) is 54.1 cm³/mol. The molecule has 1 aromatic heterocycles. The minimum atomic E-state index is 0.0576. The summed E-state index contributed by atoms with van der Waals surface area (Å²) >= 11 is 0. The summed E-state index contributed by atoms with van der Waals surface area (Å²) in [6.07, 6.45) is 4.28. The third-order valence-corrected chi connectivity index (χ3v) is 2.50. The van der Waals surface area contributed by atoms with Gasteiger partial charge in [0, 0.05) is 25.4 Å². The number of amides is 1. The molecule has 15 heavy (non-hydrogen) atoms. The van der Waals surface area contributed by atoms with Crippen LogP contribution in [0.5, 0.6) is 0 Å². The van der Waals surface area contributed by atoms with E-state index in [9.17, 15) is 4.79 Å². The number of nitrogens with zero attached hydrogens (tertiary/aromatic N) is 2. The van der Waals surface area contributed by atoms with Gasteiger partial charge in [-0.05, 0) is 0 Å². The third-order valence-electron chi connectivity index (χ3n) is 2.50. The molecule has 1 N–H and O–H groups in total. The Kier molecular flexibility index (Phi) is 3.01. The van der Waals surface area contributed by atoms with E-state index in [2.05, 4.69) is 14.9 Å². The Morgan fingerprint density at radius 2 is 2.67 bits per heavy atom. The van der Waals surface area contributed by atoms with E-state index < -0.39 is 0 Å². The van der Waals surface area contributed by atoms with Crippen LogP contribution in [0.15, 0.2) is 12.4 Å². The molecule has 82 valence electrons. The van der Waals surface area contributed by atoms with Gasteiger partial charge in [0.05, 0.1) is 12.6 Å². The maximum absolute atomic E-state index is 11.1. The molecule has 2 heterocycles. The van der Waals surface area contributed by atoms with E-state index in [1.54, 1.807) is 6.20 Å². The standard InChI is InChI=1S/C10H15N3O2/c1-2-10(14)12-5-8-6-13-4-3-11-9(13)7-15-8/h3-4,8H,2,5-7H2,1H3,(H,12,14). The van der Waals surface area contributed by atoms with Crippen molar-refractivity contribution in [3.63, 3.8) is 0 Å². The van der Waals surface area contributed by atoms with E-state index in [1.165, 1.54) is 0 Å². The first-order chi connectivity index (χ1) is 7.29. The van der Waals surface area contributed by atoms with Crippen molar-refractivity contribution in [1.29, 1.82) is 0 Å². The molecule has 1 aliphatic heterocycles. The number of nitrogens with one attached hydrogen (secondary N) is 1. The van der Waals surface area contributed by atoms with Gasteiger partial charge in [-0.1, -0.05) is 6.92 Å². The van der Waals surface area contributed by atoms with Gasteiger partial charge < -0.3 is 14.6 Å². The zero-order valence-electron chi connectivity index (χ0n) is 8.77. The predicted octanol–water partition coefficient (Wildman–Crippen LogP) is 0.308. The molecule has 0 bridgehead atoms. The largest absolute Gasteiger partial charge is 0.367 e. The van der Waals surface area contributed by atoms with E-state index in [0.717, 1.165) is 12.4 Å². The minimum absolute atomic E-state index is 0.0576. The molecule has 2 rings (SSSR count). The Bertz CT molecular complexity index is 348. The fourth-order valence-corrected chi connectivity index (χ4v) is 1.59. The molecule has 1 aliphatic rings. The highest BCUT2D eigenvalue weighted by Gasteiger charge is 2.19. The van der Waals surface area contributed by atoms with Crippen LogP contribution in [-0.2, 0) is 22.7 Å². The molecule has 1 atom stereocenters. The lowest BCUT2D eigenvalue weighted by atomic mass is 10.3. The van der Waals surface area contributed by atoms with Crippen molar-refractivity contribution in [2.45, 2.75) is 32.6 Å². The Morgan fingerprint density at radius 3 is 3.47 bits per heavy atom. The number of hydrogen-bond donors (Lipinski definition) is 1. The van der Waals surface area contributed by atoms with Crippen molar-refractivity contribution in [2.75, 3.05) is 6.54 Å². The summed E-state index contributed by atoms with van der Waals surface area (Å²) in [6.45, 7) is 3.70. The number of fused-ring (bicyclic) bond motifs is 1. The molecule has 1 unspecified atom stereocenters. The first-order valence-electron chi connectivity index (χ1n) is 5.18. The highest BCUT2D eigenvalue weighted by molar-refractivity contribution is 5.75. The average molecular weight is 209 g/mol. The first kappa shape index (κ1) is 10.2. The average Bonchev–Trinajstić information content (AvgIpc) is 2.72. The van der Waals surface area contributed by atoms with Crippen molar-refractivity contribution in [1.82, 2.24) is 14.9 Å². The van der Waals surface area contributed by atoms with Crippen LogP contribution in [0.4, 0.5) is 0 Å². The van der Waals surface area contributed by atoms with E-state index >= 15 is 0 Å². The number of hydrogen-bond acceptors (Lipinski definition) is 3. The summed E-state index contributed by atoms with van der Waals surface area (Å²) < 4.78 is 7.62. The van der Waals surface area contributed by atoms with Crippen molar-refractivity contribution >= 4 is 5.91 Å². The lowest BCUT2D eigenvalue weighted by Gasteiger charge is -2.24. The van der Waals surface area contributed by atoms with Gasteiger partial charge in [-0.15, -0.1) is 0 Å². The molecule has 0 aliphatic carbocycles. The van der Waals surface area contributed by atoms with Crippen LogP contribution in [0.25, 0.3) is 0 Å². The number of carbonyl (C=O) groups excluding carboxylic acids is 1. The summed E-state index contributed by atoms with van der Waals surface area (Å²) in [4.78, 5) is 15.2. The molecule has 0 saturated carbocycles. The molecule has 5 nitrogen and oxygen atoms in total. The van der Waals surface area contributed by atoms with Crippen molar-refractivity contribution in [3.05, 3.63) is 18.2 Å². The number of imidazole rings is 1. The monoisotopic (exact) mass is 209 g/mol. The van der Waals surface area contributed by atoms with E-state index in [4.69, 9.17) is 4.74 Å². The van der Waals surface area contributed by atoms with Gasteiger partial charge in [-0.3, -0.25) is 4.79 Å². The van der Waals surface area contributed by atoms with Crippen molar-refractivity contribution < 1.29 is 9.53 Å². The zero-order chi connectivity index (χ0) is 10.7. The second-order valence-electron chi connectivity index (χ2n) is 3.59. The number of ether oxygens (including phenoxy) is 1. The molecular weight excluding hydrogens is 194 g/mol. The molecule has 0 spiro atoms. The maximum atomic E-state index is 11.1. The SMILES string of the molecule is CCC(=O)NCC1Cn2ccnc2CO1. The van der Waals surface area contributed by atoms with Crippen LogP contribution in [0.2, 0.25) is 0 Å². The van der Waals surface area contributed by atoms with Gasteiger partial charge in [0.15, 0.2) is 0 Å².